The number of anilines is 1. The molecule has 4 N–H and O–H groups in total. The van der Waals surface area contributed by atoms with Crippen LogP contribution >= 0.6 is 0 Å². The predicted octanol–water partition coefficient (Wildman–Crippen LogP) is 3.20. The van der Waals surface area contributed by atoms with Gasteiger partial charge in [-0.1, -0.05) is 19.1 Å². The number of carbonyl (C=O) groups is 3. The minimum absolute atomic E-state index is 0.0226. The van der Waals surface area contributed by atoms with E-state index in [-0.39, 0.29) is 54.6 Å². The molecule has 212 valence electrons. The van der Waals surface area contributed by atoms with Crippen molar-refractivity contribution in [3.63, 3.8) is 0 Å². The summed E-state index contributed by atoms with van der Waals surface area (Å²) in [6, 6.07) is 11.4. The Kier molecular flexibility index (Phi) is 10.3. The Hall–Kier alpha value is -3.63. The first-order valence-corrected chi connectivity index (χ1v) is 13.2. The van der Waals surface area contributed by atoms with Gasteiger partial charge in [-0.05, 0) is 63.7 Å². The van der Waals surface area contributed by atoms with E-state index < -0.39 is 5.97 Å². The van der Waals surface area contributed by atoms with E-state index in [1.165, 1.54) is 0 Å². The van der Waals surface area contributed by atoms with Crippen LogP contribution < -0.4 is 15.4 Å². The predicted molar refractivity (Wildman–Crippen MR) is 149 cm³/mol. The van der Waals surface area contributed by atoms with Crippen molar-refractivity contribution in [2.45, 2.75) is 58.8 Å². The Morgan fingerprint density at radius 3 is 2.46 bits per heavy atom. The number of aliphatic hydroxyl groups excluding tert-OH is 1. The van der Waals surface area contributed by atoms with E-state index in [2.05, 4.69) is 15.5 Å². The van der Waals surface area contributed by atoms with Gasteiger partial charge >= 0.3 is 12.0 Å². The first-order valence-electron chi connectivity index (χ1n) is 13.2. The van der Waals surface area contributed by atoms with Gasteiger partial charge in [0.25, 0.3) is 0 Å². The SMILES string of the molecule is CC(C)NC(=O)Nc1ccc2c(c1)CC(=O)N([C@@H](C)CO)C[C@H](C)[C@H](CN(C)Cc1ccc(C(=O)O)cc1)O2. The second kappa shape index (κ2) is 13.4. The zero-order valence-corrected chi connectivity index (χ0v) is 23.3. The molecule has 0 fully saturated rings. The highest BCUT2D eigenvalue weighted by molar-refractivity contribution is 5.90. The van der Waals surface area contributed by atoms with Crippen LogP contribution in [0.5, 0.6) is 5.75 Å². The molecule has 0 saturated heterocycles. The smallest absolute Gasteiger partial charge is 0.335 e. The average molecular weight is 541 g/mol. The van der Waals surface area contributed by atoms with Crippen molar-refractivity contribution >= 4 is 23.6 Å². The molecule has 1 aliphatic rings. The molecule has 0 aromatic heterocycles. The molecule has 10 nitrogen and oxygen atoms in total. The third-order valence-corrected chi connectivity index (χ3v) is 6.74. The number of carboxylic acid groups (broad SMARTS) is 1. The minimum atomic E-state index is -0.962. The fourth-order valence-corrected chi connectivity index (χ4v) is 4.59. The lowest BCUT2D eigenvalue weighted by atomic mass is 10.0. The number of benzene rings is 2. The molecule has 0 unspecified atom stereocenters. The summed E-state index contributed by atoms with van der Waals surface area (Å²) in [6.45, 7) is 8.99. The van der Waals surface area contributed by atoms with Crippen molar-refractivity contribution in [3.05, 3.63) is 59.2 Å². The normalized spacial score (nSPS) is 18.5. The number of urea groups is 1. The number of nitrogens with one attached hydrogen (secondary N) is 2. The number of rotatable bonds is 9. The van der Waals surface area contributed by atoms with E-state index in [0.29, 0.717) is 36.6 Å². The van der Waals surface area contributed by atoms with Crippen molar-refractivity contribution in [2.24, 2.45) is 5.92 Å². The number of hydrogen-bond acceptors (Lipinski definition) is 6. The van der Waals surface area contributed by atoms with Gasteiger partial charge in [-0.15, -0.1) is 0 Å². The van der Waals surface area contributed by atoms with Crippen LogP contribution in [0.4, 0.5) is 10.5 Å². The highest BCUT2D eigenvalue weighted by atomic mass is 16.5. The van der Waals surface area contributed by atoms with E-state index in [9.17, 15) is 19.5 Å². The van der Waals surface area contributed by atoms with Crippen LogP contribution in [0.15, 0.2) is 42.5 Å². The Morgan fingerprint density at radius 2 is 1.85 bits per heavy atom. The quantitative estimate of drug-likeness (QED) is 0.384. The molecule has 3 rings (SSSR count). The van der Waals surface area contributed by atoms with Gasteiger partial charge < -0.3 is 30.5 Å². The maximum atomic E-state index is 13.4. The molecule has 2 aromatic carbocycles. The lowest BCUT2D eigenvalue weighted by Gasteiger charge is -2.34. The lowest BCUT2D eigenvalue weighted by molar-refractivity contribution is -0.134. The Bertz CT molecular complexity index is 1150. The number of carbonyl (C=O) groups excluding carboxylic acids is 2. The minimum Gasteiger partial charge on any atom is -0.488 e. The second-order valence-corrected chi connectivity index (χ2v) is 10.7. The summed E-state index contributed by atoms with van der Waals surface area (Å²) >= 11 is 0. The number of aliphatic hydroxyl groups is 1. The highest BCUT2D eigenvalue weighted by Gasteiger charge is 2.31. The van der Waals surface area contributed by atoms with Crippen LogP contribution in [0.1, 0.15) is 49.2 Å². The van der Waals surface area contributed by atoms with E-state index >= 15 is 0 Å². The number of amides is 3. The summed E-state index contributed by atoms with van der Waals surface area (Å²) in [6.07, 6.45) is -0.207. The number of carboxylic acids is 1. The fraction of sp³-hybridized carbons (Fsp3) is 0.483. The van der Waals surface area contributed by atoms with Crippen molar-refractivity contribution in [2.75, 3.05) is 32.1 Å². The molecule has 0 radical (unpaired) electrons. The molecule has 39 heavy (non-hydrogen) atoms. The van der Waals surface area contributed by atoms with Crippen molar-refractivity contribution in [3.8, 4) is 5.75 Å². The van der Waals surface area contributed by atoms with Crippen molar-refractivity contribution in [1.82, 2.24) is 15.1 Å². The summed E-state index contributed by atoms with van der Waals surface area (Å²) in [5, 5.41) is 24.6. The van der Waals surface area contributed by atoms with Gasteiger partial charge in [-0.25, -0.2) is 9.59 Å². The van der Waals surface area contributed by atoms with E-state index in [4.69, 9.17) is 9.84 Å². The molecule has 0 aliphatic carbocycles. The molecule has 1 heterocycles. The van der Waals surface area contributed by atoms with Gasteiger partial charge in [0.05, 0.1) is 24.6 Å². The number of aromatic carboxylic acids is 1. The van der Waals surface area contributed by atoms with E-state index in [1.54, 1.807) is 47.4 Å². The van der Waals surface area contributed by atoms with E-state index in [0.717, 1.165) is 5.56 Å². The zero-order valence-electron chi connectivity index (χ0n) is 23.3. The number of fused-ring (bicyclic) bond motifs is 1. The van der Waals surface area contributed by atoms with E-state index in [1.807, 2.05) is 34.7 Å². The van der Waals surface area contributed by atoms with Gasteiger partial charge in [0, 0.05) is 42.8 Å². The number of hydrogen-bond donors (Lipinski definition) is 4. The Balaban J connectivity index is 1.85. The standard InChI is InChI=1S/C29H40N4O6/c1-18(2)30-29(38)31-24-10-11-25-23(12-24)13-27(35)33(20(4)17-34)14-19(3)26(39-25)16-32(5)15-21-6-8-22(9-7-21)28(36)37/h6-12,18-20,26,34H,13-17H2,1-5H3,(H,36,37)(H2,30,31,38)/t19-,20-,26-/m0/s1. The van der Waals surface area contributed by atoms with Crippen LogP contribution in [0, 0.1) is 5.92 Å². The van der Waals surface area contributed by atoms with Crippen LogP contribution in [0.25, 0.3) is 0 Å². The largest absolute Gasteiger partial charge is 0.488 e. The summed E-state index contributed by atoms with van der Waals surface area (Å²) in [4.78, 5) is 40.6. The highest BCUT2D eigenvalue weighted by Crippen LogP contribution is 2.29. The van der Waals surface area contributed by atoms with Gasteiger partial charge in [0.2, 0.25) is 5.91 Å². The second-order valence-electron chi connectivity index (χ2n) is 10.7. The Morgan fingerprint density at radius 1 is 1.15 bits per heavy atom. The van der Waals surface area contributed by atoms with Crippen LogP contribution in [0.2, 0.25) is 0 Å². The van der Waals surface area contributed by atoms with Crippen LogP contribution in [0.3, 0.4) is 0 Å². The molecular weight excluding hydrogens is 500 g/mol. The molecule has 0 saturated carbocycles. The topological polar surface area (TPSA) is 131 Å². The van der Waals surface area contributed by atoms with Gasteiger partial charge in [0.15, 0.2) is 0 Å². The summed E-state index contributed by atoms with van der Waals surface area (Å²) in [5.74, 6) is -0.561. The summed E-state index contributed by atoms with van der Waals surface area (Å²) in [5.41, 5.74) is 2.42. The Labute approximate surface area is 229 Å². The molecule has 2 aromatic rings. The molecule has 3 amide bonds. The van der Waals surface area contributed by atoms with Gasteiger partial charge in [-0.2, -0.15) is 0 Å². The third-order valence-electron chi connectivity index (χ3n) is 6.74. The first-order chi connectivity index (χ1) is 18.5. The molecule has 1 aliphatic heterocycles. The van der Waals surface area contributed by atoms with Crippen molar-refractivity contribution < 1.29 is 29.3 Å². The van der Waals surface area contributed by atoms with Crippen LogP contribution in [-0.4, -0.2) is 82.9 Å². The lowest BCUT2D eigenvalue weighted by Crippen LogP contribution is -2.47. The molecule has 3 atom stereocenters. The van der Waals surface area contributed by atoms with Crippen LogP contribution in [-0.2, 0) is 17.8 Å². The van der Waals surface area contributed by atoms with Crippen molar-refractivity contribution in [1.29, 1.82) is 0 Å². The molecule has 10 heteroatoms. The number of likely N-dealkylation sites (N-methyl/N-ethyl adjacent to an activating group) is 1. The first kappa shape index (κ1) is 29.9. The maximum absolute atomic E-state index is 13.4. The summed E-state index contributed by atoms with van der Waals surface area (Å²) < 4.78 is 6.53. The van der Waals surface area contributed by atoms with Gasteiger partial charge in [0.1, 0.15) is 11.9 Å². The monoisotopic (exact) mass is 540 g/mol. The summed E-state index contributed by atoms with van der Waals surface area (Å²) in [7, 11) is 1.97. The fourth-order valence-electron chi connectivity index (χ4n) is 4.59. The molecular formula is C29H40N4O6. The van der Waals surface area contributed by atoms with Gasteiger partial charge in [-0.3, -0.25) is 9.69 Å². The average Bonchev–Trinajstić information content (AvgIpc) is 2.91. The third kappa shape index (κ3) is 8.43. The molecule has 0 spiro atoms. The number of nitrogens with zero attached hydrogens (tertiary/aromatic N) is 2. The maximum Gasteiger partial charge on any atom is 0.335 e. The molecule has 0 bridgehead atoms. The number of ether oxygens (including phenoxy) is 1. The zero-order chi connectivity index (χ0) is 28.7.